The molecular weight excluding hydrogens is 283 g/mol. The van der Waals surface area contributed by atoms with Crippen LogP contribution in [0, 0.1) is 29.1 Å². The lowest BCUT2D eigenvalue weighted by atomic mass is 9.98. The van der Waals surface area contributed by atoms with Gasteiger partial charge < -0.3 is 10.3 Å². The van der Waals surface area contributed by atoms with Crippen LogP contribution in [-0.2, 0) is 0 Å². The fourth-order valence-corrected chi connectivity index (χ4v) is 1.85. The van der Waals surface area contributed by atoms with Gasteiger partial charge >= 0.3 is 0 Å². The monoisotopic (exact) mass is 292 g/mol. The Morgan fingerprint density at radius 2 is 1.35 bits per heavy atom. The number of nitrogens with two attached hydrogens (primary N) is 1. The van der Waals surface area contributed by atoms with Crippen molar-refractivity contribution in [3.8, 4) is 11.3 Å². The van der Waals surface area contributed by atoms with Gasteiger partial charge in [0.15, 0.2) is 34.8 Å². The van der Waals surface area contributed by atoms with E-state index in [-0.39, 0.29) is 17.3 Å². The first kappa shape index (κ1) is 14.3. The molecule has 0 saturated heterocycles. The summed E-state index contributed by atoms with van der Waals surface area (Å²) >= 11 is 0. The molecule has 0 spiro atoms. The van der Waals surface area contributed by atoms with Crippen LogP contribution in [0.3, 0.4) is 0 Å². The molecule has 1 aromatic carbocycles. The molecule has 8 heteroatoms. The van der Waals surface area contributed by atoms with Crippen LogP contribution in [0.25, 0.3) is 11.3 Å². The van der Waals surface area contributed by atoms with E-state index in [1.807, 2.05) is 0 Å². The van der Waals surface area contributed by atoms with E-state index >= 15 is 0 Å². The Morgan fingerprint density at radius 3 is 1.80 bits per heavy atom. The number of benzene rings is 1. The van der Waals surface area contributed by atoms with Gasteiger partial charge in [0.2, 0.25) is 5.82 Å². The van der Waals surface area contributed by atoms with Crippen molar-refractivity contribution >= 4 is 5.82 Å². The minimum Gasteiger partial charge on any atom is -0.381 e. The van der Waals surface area contributed by atoms with Crippen molar-refractivity contribution in [1.29, 1.82) is 0 Å². The van der Waals surface area contributed by atoms with Crippen LogP contribution in [0.5, 0.6) is 0 Å². The third kappa shape index (κ3) is 1.91. The molecule has 0 aliphatic heterocycles. The minimum absolute atomic E-state index is 0.0770. The third-order valence-corrected chi connectivity index (χ3v) is 2.77. The van der Waals surface area contributed by atoms with Gasteiger partial charge in [0, 0.05) is 5.56 Å². The number of halogens is 5. The van der Waals surface area contributed by atoms with Gasteiger partial charge in [0.05, 0.1) is 5.56 Å². The average Bonchev–Trinajstić information content (AvgIpc) is 2.76. The van der Waals surface area contributed by atoms with Crippen molar-refractivity contribution in [2.75, 3.05) is 5.73 Å². The van der Waals surface area contributed by atoms with E-state index in [0.717, 1.165) is 0 Å². The number of hydrogen-bond acceptors (Lipinski definition) is 3. The van der Waals surface area contributed by atoms with E-state index in [1.165, 1.54) is 0 Å². The van der Waals surface area contributed by atoms with Crippen molar-refractivity contribution < 1.29 is 26.5 Å². The highest BCUT2D eigenvalue weighted by Crippen LogP contribution is 2.38. The number of hydrogen-bond donors (Lipinski definition) is 1. The highest BCUT2D eigenvalue weighted by molar-refractivity contribution is 5.68. The van der Waals surface area contributed by atoms with Crippen LogP contribution >= 0.6 is 0 Å². The molecule has 0 aliphatic rings. The zero-order valence-corrected chi connectivity index (χ0v) is 10.4. The summed E-state index contributed by atoms with van der Waals surface area (Å²) in [6.45, 7) is 3.22. The largest absolute Gasteiger partial charge is 0.381 e. The van der Waals surface area contributed by atoms with Crippen molar-refractivity contribution in [2.45, 2.75) is 19.8 Å². The maximum Gasteiger partial charge on any atom is 0.200 e. The Morgan fingerprint density at radius 1 is 0.900 bits per heavy atom. The molecule has 108 valence electrons. The molecule has 0 saturated carbocycles. The first-order chi connectivity index (χ1) is 9.27. The van der Waals surface area contributed by atoms with Crippen molar-refractivity contribution in [2.24, 2.45) is 0 Å². The maximum atomic E-state index is 13.7. The quantitative estimate of drug-likeness (QED) is 0.521. The molecule has 0 aliphatic carbocycles. The van der Waals surface area contributed by atoms with Gasteiger partial charge in [-0.05, 0) is 5.92 Å². The van der Waals surface area contributed by atoms with Crippen LogP contribution in [0.1, 0.15) is 25.3 Å². The zero-order chi connectivity index (χ0) is 15.2. The summed E-state index contributed by atoms with van der Waals surface area (Å²) in [7, 11) is 0. The van der Waals surface area contributed by atoms with Gasteiger partial charge in [0.1, 0.15) is 0 Å². The van der Waals surface area contributed by atoms with Crippen LogP contribution < -0.4 is 5.73 Å². The molecule has 20 heavy (non-hydrogen) atoms. The molecule has 1 aromatic heterocycles. The van der Waals surface area contributed by atoms with E-state index in [2.05, 4.69) is 9.68 Å². The SMILES string of the molecule is CC(C)c1c(N)noc1-c1c(F)c(F)c(F)c(F)c1F. The number of nitrogen functional groups attached to an aromatic ring is 1. The average molecular weight is 292 g/mol. The summed E-state index contributed by atoms with van der Waals surface area (Å²) in [6, 6.07) is 0. The summed E-state index contributed by atoms with van der Waals surface area (Å²) in [5.74, 6) is -11.4. The summed E-state index contributed by atoms with van der Waals surface area (Å²) < 4.78 is 71.4. The van der Waals surface area contributed by atoms with Crippen molar-refractivity contribution in [1.82, 2.24) is 5.16 Å². The van der Waals surface area contributed by atoms with E-state index in [4.69, 9.17) is 5.73 Å². The van der Waals surface area contributed by atoms with Crippen LogP contribution in [0.2, 0.25) is 0 Å². The third-order valence-electron chi connectivity index (χ3n) is 2.77. The molecule has 2 rings (SSSR count). The highest BCUT2D eigenvalue weighted by atomic mass is 19.2. The van der Waals surface area contributed by atoms with Gasteiger partial charge in [0.25, 0.3) is 0 Å². The normalized spacial score (nSPS) is 11.4. The second-order valence-corrected chi connectivity index (χ2v) is 4.41. The fourth-order valence-electron chi connectivity index (χ4n) is 1.85. The molecule has 2 aromatic rings. The van der Waals surface area contributed by atoms with E-state index in [9.17, 15) is 22.0 Å². The number of aromatic nitrogens is 1. The Labute approximate surface area is 110 Å². The maximum absolute atomic E-state index is 13.7. The summed E-state index contributed by atoms with van der Waals surface area (Å²) in [5, 5.41) is 3.31. The van der Waals surface area contributed by atoms with E-state index in [0.29, 0.717) is 0 Å². The second-order valence-electron chi connectivity index (χ2n) is 4.41. The predicted octanol–water partition coefficient (Wildman–Crippen LogP) is 3.74. The topological polar surface area (TPSA) is 52.0 Å². The molecule has 0 fully saturated rings. The van der Waals surface area contributed by atoms with Crippen LogP contribution in [0.15, 0.2) is 4.52 Å². The first-order valence-corrected chi connectivity index (χ1v) is 5.54. The molecule has 3 nitrogen and oxygen atoms in total. The molecule has 2 N–H and O–H groups in total. The van der Waals surface area contributed by atoms with Gasteiger partial charge in [-0.1, -0.05) is 19.0 Å². The summed E-state index contributed by atoms with van der Waals surface area (Å²) in [6.07, 6.45) is 0. The zero-order valence-electron chi connectivity index (χ0n) is 10.4. The van der Waals surface area contributed by atoms with Gasteiger partial charge in [-0.2, -0.15) is 0 Å². The Kier molecular flexibility index (Phi) is 3.41. The van der Waals surface area contributed by atoms with Gasteiger partial charge in [-0.25, -0.2) is 22.0 Å². The Hall–Kier alpha value is -2.12. The molecule has 0 atom stereocenters. The molecule has 1 heterocycles. The fraction of sp³-hybridized carbons (Fsp3) is 0.250. The Bertz CT molecular complexity index is 652. The van der Waals surface area contributed by atoms with E-state index < -0.39 is 40.4 Å². The van der Waals surface area contributed by atoms with Gasteiger partial charge in [-0.15, -0.1) is 0 Å². The second kappa shape index (κ2) is 4.77. The number of nitrogens with zero attached hydrogens (tertiary/aromatic N) is 1. The first-order valence-electron chi connectivity index (χ1n) is 5.54. The standard InChI is InChI=1S/C12H9F5N2O/c1-3(2)4-11(20-19-12(4)18)5-6(13)8(15)10(17)9(16)7(5)14/h3H,1-2H3,(H2,18,19). The highest BCUT2D eigenvalue weighted by Gasteiger charge is 2.31. The summed E-state index contributed by atoms with van der Waals surface area (Å²) in [5.41, 5.74) is 4.38. The predicted molar refractivity (Wildman–Crippen MR) is 60.2 cm³/mol. The molecule has 0 bridgehead atoms. The number of rotatable bonds is 2. The van der Waals surface area contributed by atoms with Crippen molar-refractivity contribution in [3.05, 3.63) is 34.6 Å². The summed E-state index contributed by atoms with van der Waals surface area (Å²) in [4.78, 5) is 0. The lowest BCUT2D eigenvalue weighted by Gasteiger charge is -2.09. The van der Waals surface area contributed by atoms with Crippen molar-refractivity contribution in [3.63, 3.8) is 0 Å². The molecule has 0 unspecified atom stereocenters. The lowest BCUT2D eigenvalue weighted by molar-refractivity contribution is 0.373. The molecular formula is C12H9F5N2O. The molecule has 0 amide bonds. The minimum atomic E-state index is -2.23. The lowest BCUT2D eigenvalue weighted by Crippen LogP contribution is -2.05. The smallest absolute Gasteiger partial charge is 0.200 e. The number of anilines is 1. The van der Waals surface area contributed by atoms with Crippen LogP contribution in [0.4, 0.5) is 27.8 Å². The molecule has 0 radical (unpaired) electrons. The Balaban J connectivity index is 2.84. The van der Waals surface area contributed by atoms with E-state index in [1.54, 1.807) is 13.8 Å². The van der Waals surface area contributed by atoms with Gasteiger partial charge in [-0.3, -0.25) is 0 Å². The van der Waals surface area contributed by atoms with Crippen LogP contribution in [-0.4, -0.2) is 5.16 Å².